The van der Waals surface area contributed by atoms with E-state index in [2.05, 4.69) is 25.0 Å². The van der Waals surface area contributed by atoms with Crippen LogP contribution in [0.5, 0.6) is 0 Å². The van der Waals surface area contributed by atoms with Gasteiger partial charge in [-0.3, -0.25) is 9.78 Å². The Morgan fingerprint density at radius 3 is 2.88 bits per heavy atom. The molecule has 128 valence electrons. The lowest BCUT2D eigenvalue weighted by molar-refractivity contribution is -0.115. The number of anilines is 1. The van der Waals surface area contributed by atoms with Gasteiger partial charge in [0.25, 0.3) is 0 Å². The summed E-state index contributed by atoms with van der Waals surface area (Å²) in [6.45, 7) is 1.69. The highest BCUT2D eigenvalue weighted by Crippen LogP contribution is 2.25. The minimum Gasteiger partial charge on any atom is -0.465 e. The summed E-state index contributed by atoms with van der Waals surface area (Å²) in [4.78, 5) is 36.8. The van der Waals surface area contributed by atoms with Crippen LogP contribution < -0.4 is 5.32 Å². The van der Waals surface area contributed by atoms with Crippen molar-refractivity contribution in [1.82, 2.24) is 15.0 Å². The summed E-state index contributed by atoms with van der Waals surface area (Å²) in [6, 6.07) is 3.76. The maximum absolute atomic E-state index is 12.2. The molecule has 3 rings (SSSR count). The first-order valence-corrected chi connectivity index (χ1v) is 8.97. The van der Waals surface area contributed by atoms with Gasteiger partial charge in [-0.2, -0.15) is 0 Å². The van der Waals surface area contributed by atoms with Crippen molar-refractivity contribution in [1.29, 1.82) is 0 Å². The van der Waals surface area contributed by atoms with E-state index < -0.39 is 5.97 Å². The fourth-order valence-corrected chi connectivity index (χ4v) is 3.78. The van der Waals surface area contributed by atoms with Gasteiger partial charge < -0.3 is 10.1 Å². The van der Waals surface area contributed by atoms with E-state index in [4.69, 9.17) is 0 Å². The Hall–Kier alpha value is -2.65. The lowest BCUT2D eigenvalue weighted by atomic mass is 10.3. The molecular weight excluding hydrogens is 360 g/mol. The first-order valence-electron chi connectivity index (χ1n) is 7.27. The standard InChI is InChI=1S/C16H14N4O3S2/c1-9-13(15(22)23-2)25-16(18-9)20-12(21)6-11-8-24-14(19-11)10-4-3-5-17-7-10/h3-5,7-8H,6H2,1-2H3,(H,18,20,21). The molecule has 0 aliphatic rings. The molecule has 0 saturated carbocycles. The summed E-state index contributed by atoms with van der Waals surface area (Å²) in [7, 11) is 1.31. The fourth-order valence-electron chi connectivity index (χ4n) is 2.07. The van der Waals surface area contributed by atoms with E-state index in [-0.39, 0.29) is 12.3 Å². The molecule has 0 aliphatic carbocycles. The Kier molecular flexibility index (Phi) is 5.15. The van der Waals surface area contributed by atoms with Crippen LogP contribution in [0.3, 0.4) is 0 Å². The molecule has 0 fully saturated rings. The highest BCUT2D eigenvalue weighted by molar-refractivity contribution is 7.17. The summed E-state index contributed by atoms with van der Waals surface area (Å²) in [5.74, 6) is -0.704. The zero-order valence-corrected chi connectivity index (χ0v) is 15.1. The summed E-state index contributed by atoms with van der Waals surface area (Å²) < 4.78 is 4.68. The molecule has 25 heavy (non-hydrogen) atoms. The number of pyridine rings is 1. The van der Waals surface area contributed by atoms with E-state index in [0.717, 1.165) is 21.9 Å². The van der Waals surface area contributed by atoms with Gasteiger partial charge in [0.15, 0.2) is 5.13 Å². The van der Waals surface area contributed by atoms with Crippen LogP contribution in [0.15, 0.2) is 29.9 Å². The van der Waals surface area contributed by atoms with E-state index in [1.165, 1.54) is 18.4 Å². The van der Waals surface area contributed by atoms with E-state index in [0.29, 0.717) is 21.4 Å². The number of nitrogens with zero attached hydrogens (tertiary/aromatic N) is 3. The predicted octanol–water partition coefficient (Wildman–Crippen LogP) is 2.94. The third kappa shape index (κ3) is 4.06. The second-order valence-corrected chi connectivity index (χ2v) is 6.89. The predicted molar refractivity (Wildman–Crippen MR) is 95.9 cm³/mol. The Bertz CT molecular complexity index is 905. The number of aromatic nitrogens is 3. The van der Waals surface area contributed by atoms with Gasteiger partial charge in [0.2, 0.25) is 5.91 Å². The van der Waals surface area contributed by atoms with Crippen molar-refractivity contribution in [2.75, 3.05) is 12.4 Å². The number of hydrogen-bond acceptors (Lipinski definition) is 8. The number of ether oxygens (including phenoxy) is 1. The van der Waals surface area contributed by atoms with Crippen molar-refractivity contribution in [3.63, 3.8) is 0 Å². The molecule has 0 unspecified atom stereocenters. The highest BCUT2D eigenvalue weighted by atomic mass is 32.1. The topological polar surface area (TPSA) is 94.1 Å². The zero-order valence-electron chi connectivity index (χ0n) is 13.5. The average molecular weight is 374 g/mol. The number of thiazole rings is 2. The number of carbonyl (C=O) groups excluding carboxylic acids is 2. The van der Waals surface area contributed by atoms with Crippen LogP contribution in [0, 0.1) is 6.92 Å². The molecule has 3 aromatic rings. The van der Waals surface area contributed by atoms with Gasteiger partial charge in [-0.25, -0.2) is 14.8 Å². The molecule has 1 amide bonds. The van der Waals surface area contributed by atoms with Crippen LogP contribution in [0.2, 0.25) is 0 Å². The highest BCUT2D eigenvalue weighted by Gasteiger charge is 2.17. The number of carbonyl (C=O) groups is 2. The number of aryl methyl sites for hydroxylation is 1. The molecule has 0 bridgehead atoms. The van der Waals surface area contributed by atoms with Crippen LogP contribution in [0.25, 0.3) is 10.6 Å². The van der Waals surface area contributed by atoms with Crippen molar-refractivity contribution in [2.45, 2.75) is 13.3 Å². The normalized spacial score (nSPS) is 10.5. The Labute approximate surface area is 151 Å². The molecule has 3 aromatic heterocycles. The number of esters is 1. The van der Waals surface area contributed by atoms with Gasteiger partial charge in [0, 0.05) is 23.3 Å². The maximum Gasteiger partial charge on any atom is 0.350 e. The van der Waals surface area contributed by atoms with Crippen LogP contribution in [-0.2, 0) is 16.0 Å². The Morgan fingerprint density at radius 2 is 2.16 bits per heavy atom. The summed E-state index contributed by atoms with van der Waals surface area (Å²) in [5, 5.41) is 5.71. The lowest BCUT2D eigenvalue weighted by Gasteiger charge is -1.99. The molecule has 0 aliphatic heterocycles. The maximum atomic E-state index is 12.2. The molecule has 0 aromatic carbocycles. The van der Waals surface area contributed by atoms with Gasteiger partial charge in [-0.1, -0.05) is 11.3 Å². The van der Waals surface area contributed by atoms with Gasteiger partial charge in [-0.15, -0.1) is 11.3 Å². The van der Waals surface area contributed by atoms with Crippen LogP contribution in [0.1, 0.15) is 21.1 Å². The lowest BCUT2D eigenvalue weighted by Crippen LogP contribution is -2.14. The first kappa shape index (κ1) is 17.2. The molecule has 0 saturated heterocycles. The smallest absolute Gasteiger partial charge is 0.350 e. The van der Waals surface area contributed by atoms with Crippen LogP contribution in [-0.4, -0.2) is 33.9 Å². The van der Waals surface area contributed by atoms with Crippen molar-refractivity contribution in [3.05, 3.63) is 46.2 Å². The molecule has 7 nitrogen and oxygen atoms in total. The average Bonchev–Trinajstić information content (AvgIpc) is 3.21. The molecule has 3 heterocycles. The van der Waals surface area contributed by atoms with E-state index in [9.17, 15) is 9.59 Å². The minimum absolute atomic E-state index is 0.128. The number of nitrogens with one attached hydrogen (secondary N) is 1. The SMILES string of the molecule is COC(=O)c1sc(NC(=O)Cc2csc(-c3cccnc3)n2)nc1C. The third-order valence-electron chi connectivity index (χ3n) is 3.22. The summed E-state index contributed by atoms with van der Waals surface area (Å²) >= 11 is 2.55. The van der Waals surface area contributed by atoms with Gasteiger partial charge in [0.1, 0.15) is 9.88 Å². The van der Waals surface area contributed by atoms with Crippen molar-refractivity contribution < 1.29 is 14.3 Å². The minimum atomic E-state index is -0.462. The second kappa shape index (κ2) is 7.49. The largest absolute Gasteiger partial charge is 0.465 e. The molecule has 1 N–H and O–H groups in total. The van der Waals surface area contributed by atoms with Gasteiger partial charge in [-0.05, 0) is 19.1 Å². The first-order chi connectivity index (χ1) is 12.1. The second-order valence-electron chi connectivity index (χ2n) is 5.04. The number of hydrogen-bond donors (Lipinski definition) is 1. The zero-order chi connectivity index (χ0) is 17.8. The monoisotopic (exact) mass is 374 g/mol. The van der Waals surface area contributed by atoms with Crippen LogP contribution in [0.4, 0.5) is 5.13 Å². The van der Waals surface area contributed by atoms with Crippen molar-refractivity contribution in [3.8, 4) is 10.6 Å². The molecule has 0 atom stereocenters. The Balaban J connectivity index is 1.65. The third-order valence-corrected chi connectivity index (χ3v) is 5.21. The summed E-state index contributed by atoms with van der Waals surface area (Å²) in [6.07, 6.45) is 3.56. The van der Waals surface area contributed by atoms with Crippen molar-refractivity contribution in [2.24, 2.45) is 0 Å². The molecular formula is C16H14N4O3S2. The van der Waals surface area contributed by atoms with E-state index in [1.807, 2.05) is 17.5 Å². The molecule has 0 radical (unpaired) electrons. The Morgan fingerprint density at radius 1 is 1.32 bits per heavy atom. The number of methoxy groups -OCH3 is 1. The quantitative estimate of drug-likeness (QED) is 0.690. The van der Waals surface area contributed by atoms with Crippen LogP contribution >= 0.6 is 22.7 Å². The van der Waals surface area contributed by atoms with Crippen molar-refractivity contribution >= 4 is 39.7 Å². The van der Waals surface area contributed by atoms with E-state index in [1.54, 1.807) is 19.3 Å². The fraction of sp³-hybridized carbons (Fsp3) is 0.188. The van der Waals surface area contributed by atoms with Gasteiger partial charge >= 0.3 is 5.97 Å². The summed E-state index contributed by atoms with van der Waals surface area (Å²) in [5.41, 5.74) is 2.11. The number of rotatable bonds is 5. The molecule has 9 heteroatoms. The van der Waals surface area contributed by atoms with Gasteiger partial charge in [0.05, 0.1) is 24.9 Å². The van der Waals surface area contributed by atoms with E-state index >= 15 is 0 Å². The number of amides is 1. The molecule has 0 spiro atoms.